The predicted octanol–water partition coefficient (Wildman–Crippen LogP) is 2.98. The number of benzene rings is 2. The Kier molecular flexibility index (Phi) is 5.23. The number of fused-ring (bicyclic) bond motifs is 1. The van der Waals surface area contributed by atoms with Crippen LogP contribution in [-0.4, -0.2) is 30.1 Å². The fourth-order valence-corrected chi connectivity index (χ4v) is 3.92. The number of halogens is 1. The Bertz CT molecular complexity index is 1320. The molecule has 4 rings (SSSR count). The number of hydrogen-bond acceptors (Lipinski definition) is 5. The van der Waals surface area contributed by atoms with Crippen LogP contribution in [0.3, 0.4) is 0 Å². The second kappa shape index (κ2) is 7.85. The Labute approximate surface area is 173 Å². The van der Waals surface area contributed by atoms with Gasteiger partial charge in [-0.3, -0.25) is 4.40 Å². The highest BCUT2D eigenvalue weighted by Crippen LogP contribution is 2.27. The largest absolute Gasteiger partial charge is 0.496 e. The van der Waals surface area contributed by atoms with Crippen LogP contribution in [0.5, 0.6) is 5.75 Å². The summed E-state index contributed by atoms with van der Waals surface area (Å²) in [4.78, 5) is 0.0496. The molecule has 2 aromatic carbocycles. The summed E-state index contributed by atoms with van der Waals surface area (Å²) >= 11 is 0. The maximum absolute atomic E-state index is 13.4. The minimum atomic E-state index is -3.75. The molecule has 0 saturated heterocycles. The number of nitrogens with zero attached hydrogens (tertiary/aromatic N) is 3. The van der Waals surface area contributed by atoms with E-state index in [4.69, 9.17) is 9.88 Å². The molecular weight excluding hydrogens is 407 g/mol. The quantitative estimate of drug-likeness (QED) is 0.511. The van der Waals surface area contributed by atoms with Gasteiger partial charge in [-0.1, -0.05) is 18.2 Å². The van der Waals surface area contributed by atoms with Crippen LogP contribution < -0.4 is 9.88 Å². The SMILES string of the molecule is COc1cc(F)ccc1CCc1ccc(-c2ccc(S(N)(=O)=O)cc2)c2nncn12. The summed E-state index contributed by atoms with van der Waals surface area (Å²) in [6.45, 7) is 0. The summed E-state index contributed by atoms with van der Waals surface area (Å²) in [7, 11) is -2.23. The molecule has 0 radical (unpaired) electrons. The lowest BCUT2D eigenvalue weighted by molar-refractivity contribution is 0.406. The highest BCUT2D eigenvalue weighted by molar-refractivity contribution is 7.89. The van der Waals surface area contributed by atoms with E-state index in [-0.39, 0.29) is 10.7 Å². The molecule has 2 heterocycles. The molecule has 0 unspecified atom stereocenters. The predicted molar refractivity (Wildman–Crippen MR) is 110 cm³/mol. The van der Waals surface area contributed by atoms with Crippen molar-refractivity contribution in [2.75, 3.05) is 7.11 Å². The number of ether oxygens (including phenoxy) is 1. The van der Waals surface area contributed by atoms with Gasteiger partial charge in [0, 0.05) is 17.3 Å². The van der Waals surface area contributed by atoms with Crippen molar-refractivity contribution in [2.45, 2.75) is 17.7 Å². The van der Waals surface area contributed by atoms with E-state index in [1.807, 2.05) is 16.5 Å². The van der Waals surface area contributed by atoms with Crippen molar-refractivity contribution < 1.29 is 17.5 Å². The van der Waals surface area contributed by atoms with Crippen LogP contribution >= 0.6 is 0 Å². The summed E-state index contributed by atoms with van der Waals surface area (Å²) in [6.07, 6.45) is 2.95. The second-order valence-electron chi connectivity index (χ2n) is 6.79. The highest BCUT2D eigenvalue weighted by atomic mass is 32.2. The smallest absolute Gasteiger partial charge is 0.238 e. The van der Waals surface area contributed by atoms with E-state index < -0.39 is 10.0 Å². The summed E-state index contributed by atoms with van der Waals surface area (Å²) in [5.41, 5.74) is 4.15. The first kappa shape index (κ1) is 20.0. The van der Waals surface area contributed by atoms with Crippen LogP contribution in [0.2, 0.25) is 0 Å². The minimum absolute atomic E-state index is 0.0496. The van der Waals surface area contributed by atoms with Crippen molar-refractivity contribution in [3.63, 3.8) is 0 Å². The summed E-state index contributed by atoms with van der Waals surface area (Å²) in [5, 5.41) is 13.4. The Morgan fingerprint density at radius 3 is 2.53 bits per heavy atom. The number of methoxy groups -OCH3 is 1. The number of nitrogens with two attached hydrogens (primary N) is 1. The van der Waals surface area contributed by atoms with Crippen LogP contribution in [0.15, 0.2) is 65.8 Å². The molecule has 0 atom stereocenters. The lowest BCUT2D eigenvalue weighted by Crippen LogP contribution is -2.11. The van der Waals surface area contributed by atoms with Gasteiger partial charge in [0.25, 0.3) is 0 Å². The number of primary sulfonamides is 1. The maximum atomic E-state index is 13.4. The third-order valence-corrected chi connectivity index (χ3v) is 5.86. The number of pyridine rings is 1. The normalized spacial score (nSPS) is 11.7. The number of sulfonamides is 1. The fourth-order valence-electron chi connectivity index (χ4n) is 3.40. The van der Waals surface area contributed by atoms with Crippen LogP contribution in [0, 0.1) is 5.82 Å². The van der Waals surface area contributed by atoms with Gasteiger partial charge in [-0.05, 0) is 54.3 Å². The van der Waals surface area contributed by atoms with Gasteiger partial charge in [0.1, 0.15) is 17.9 Å². The molecule has 0 aliphatic rings. The van der Waals surface area contributed by atoms with E-state index in [0.29, 0.717) is 24.2 Å². The van der Waals surface area contributed by atoms with E-state index in [1.165, 1.54) is 31.4 Å². The Morgan fingerprint density at radius 1 is 1.07 bits per heavy atom. The van der Waals surface area contributed by atoms with Crippen LogP contribution in [0.4, 0.5) is 4.39 Å². The molecule has 0 aliphatic heterocycles. The first-order chi connectivity index (χ1) is 14.4. The van der Waals surface area contributed by atoms with Gasteiger partial charge in [0.2, 0.25) is 10.0 Å². The van der Waals surface area contributed by atoms with Gasteiger partial charge >= 0.3 is 0 Å². The molecular formula is C21H19FN4O3S. The fraction of sp³-hybridized carbons (Fsp3) is 0.143. The van der Waals surface area contributed by atoms with E-state index in [2.05, 4.69) is 10.2 Å². The lowest BCUT2D eigenvalue weighted by Gasteiger charge is -2.11. The topological polar surface area (TPSA) is 99.6 Å². The first-order valence-corrected chi connectivity index (χ1v) is 10.7. The zero-order valence-electron chi connectivity index (χ0n) is 16.1. The zero-order chi connectivity index (χ0) is 21.3. The first-order valence-electron chi connectivity index (χ1n) is 9.14. The molecule has 0 fully saturated rings. The summed E-state index contributed by atoms with van der Waals surface area (Å²) in [5.74, 6) is 0.177. The molecule has 0 amide bonds. The van der Waals surface area contributed by atoms with E-state index >= 15 is 0 Å². The third-order valence-electron chi connectivity index (χ3n) is 4.93. The average Bonchev–Trinajstić information content (AvgIpc) is 3.22. The van der Waals surface area contributed by atoms with Crippen LogP contribution in [0.25, 0.3) is 16.8 Å². The Balaban J connectivity index is 1.65. The van der Waals surface area contributed by atoms with Gasteiger partial charge in [-0.15, -0.1) is 10.2 Å². The Hall–Kier alpha value is -3.30. The molecule has 154 valence electrons. The molecule has 0 bridgehead atoms. The van der Waals surface area contributed by atoms with Gasteiger partial charge in [-0.25, -0.2) is 17.9 Å². The maximum Gasteiger partial charge on any atom is 0.238 e. The van der Waals surface area contributed by atoms with Crippen molar-refractivity contribution >= 4 is 15.7 Å². The van der Waals surface area contributed by atoms with Crippen molar-refractivity contribution in [1.29, 1.82) is 0 Å². The number of rotatable bonds is 6. The van der Waals surface area contributed by atoms with Crippen molar-refractivity contribution in [3.05, 3.63) is 78.0 Å². The van der Waals surface area contributed by atoms with Crippen LogP contribution in [0.1, 0.15) is 11.3 Å². The Morgan fingerprint density at radius 2 is 1.83 bits per heavy atom. The third kappa shape index (κ3) is 3.89. The molecule has 30 heavy (non-hydrogen) atoms. The highest BCUT2D eigenvalue weighted by Gasteiger charge is 2.13. The molecule has 2 N–H and O–H groups in total. The molecule has 0 spiro atoms. The van der Waals surface area contributed by atoms with E-state index in [1.54, 1.807) is 24.5 Å². The summed E-state index contributed by atoms with van der Waals surface area (Å²) in [6, 6.07) is 14.7. The molecule has 4 aromatic rings. The molecule has 9 heteroatoms. The van der Waals surface area contributed by atoms with Gasteiger partial charge < -0.3 is 4.74 Å². The number of aromatic nitrogens is 3. The van der Waals surface area contributed by atoms with Gasteiger partial charge in [0.05, 0.1) is 12.0 Å². The van der Waals surface area contributed by atoms with E-state index in [9.17, 15) is 12.8 Å². The number of aryl methyl sites for hydroxylation is 2. The molecule has 2 aromatic heterocycles. The standard InChI is InChI=1S/C21H19FN4O3S/c1-29-20-12-16(22)6-2-15(20)3-7-17-8-11-19(21-25-24-13-26(17)21)14-4-9-18(10-5-14)30(23,27)28/h2,4-6,8-13H,3,7H2,1H3,(H2,23,27,28). The van der Waals surface area contributed by atoms with Crippen molar-refractivity contribution in [2.24, 2.45) is 5.14 Å². The second-order valence-corrected chi connectivity index (χ2v) is 8.35. The van der Waals surface area contributed by atoms with E-state index in [0.717, 1.165) is 22.4 Å². The molecule has 0 aliphatic carbocycles. The number of hydrogen-bond donors (Lipinski definition) is 1. The van der Waals surface area contributed by atoms with Crippen molar-refractivity contribution in [3.8, 4) is 16.9 Å². The lowest BCUT2D eigenvalue weighted by atomic mass is 10.0. The van der Waals surface area contributed by atoms with Gasteiger partial charge in [0.15, 0.2) is 5.65 Å². The minimum Gasteiger partial charge on any atom is -0.496 e. The van der Waals surface area contributed by atoms with Gasteiger partial charge in [-0.2, -0.15) is 0 Å². The zero-order valence-corrected chi connectivity index (χ0v) is 16.9. The summed E-state index contributed by atoms with van der Waals surface area (Å²) < 4.78 is 43.5. The average molecular weight is 426 g/mol. The van der Waals surface area contributed by atoms with Crippen LogP contribution in [-0.2, 0) is 22.9 Å². The monoisotopic (exact) mass is 426 g/mol. The van der Waals surface area contributed by atoms with Crippen molar-refractivity contribution in [1.82, 2.24) is 14.6 Å². The molecule has 7 nitrogen and oxygen atoms in total. The molecule has 0 saturated carbocycles.